The van der Waals surface area contributed by atoms with Gasteiger partial charge in [0, 0.05) is 23.8 Å². The zero-order chi connectivity index (χ0) is 24.7. The second-order valence-electron chi connectivity index (χ2n) is 7.92. The van der Waals surface area contributed by atoms with E-state index in [4.69, 9.17) is 10.8 Å². The molecule has 2 heterocycles. The number of nitrogens with zero attached hydrogens (tertiary/aromatic N) is 3. The lowest BCUT2D eigenvalue weighted by molar-refractivity contribution is 0.168. The summed E-state index contributed by atoms with van der Waals surface area (Å²) in [6.07, 6.45) is 1.21. The summed E-state index contributed by atoms with van der Waals surface area (Å²) < 4.78 is 15.3. The van der Waals surface area contributed by atoms with Crippen molar-refractivity contribution in [3.05, 3.63) is 78.2 Å². The molecule has 0 aliphatic rings. The summed E-state index contributed by atoms with van der Waals surface area (Å²) in [5, 5.41) is 20.8. The van der Waals surface area contributed by atoms with Crippen LogP contribution in [0.15, 0.2) is 66.9 Å². The van der Waals surface area contributed by atoms with E-state index in [1.54, 1.807) is 23.7 Å². The van der Waals surface area contributed by atoms with E-state index in [2.05, 4.69) is 15.6 Å². The third kappa shape index (κ3) is 6.09. The van der Waals surface area contributed by atoms with Crippen molar-refractivity contribution in [1.82, 2.24) is 14.6 Å². The fraction of sp³-hybridized carbons (Fsp3) is 0.308. The molecule has 8 heteroatoms. The van der Waals surface area contributed by atoms with Crippen LogP contribution >= 0.6 is 0 Å². The SMILES string of the molecule is CC.CC(Nc1ccc2ncc(-c3ccc(NCC(N)C(C)O)cc3)n2n1)c1cccc(F)c1. The van der Waals surface area contributed by atoms with E-state index in [-0.39, 0.29) is 17.9 Å². The minimum atomic E-state index is -0.572. The molecule has 0 spiro atoms. The van der Waals surface area contributed by atoms with Crippen LogP contribution in [0.3, 0.4) is 0 Å². The Morgan fingerprint density at radius 3 is 2.47 bits per heavy atom. The molecule has 0 saturated carbocycles. The van der Waals surface area contributed by atoms with Gasteiger partial charge in [0.15, 0.2) is 5.65 Å². The van der Waals surface area contributed by atoms with Gasteiger partial charge in [-0.3, -0.25) is 0 Å². The monoisotopic (exact) mass is 464 g/mol. The Labute approximate surface area is 199 Å². The lowest BCUT2D eigenvalue weighted by Gasteiger charge is -2.16. The largest absolute Gasteiger partial charge is 0.392 e. The quantitative estimate of drug-likeness (QED) is 0.297. The van der Waals surface area contributed by atoms with Gasteiger partial charge in [0.25, 0.3) is 0 Å². The molecule has 5 N–H and O–H groups in total. The van der Waals surface area contributed by atoms with Crippen molar-refractivity contribution in [1.29, 1.82) is 0 Å². The van der Waals surface area contributed by atoms with E-state index < -0.39 is 6.10 Å². The smallest absolute Gasteiger partial charge is 0.154 e. The molecule has 0 aliphatic heterocycles. The second kappa shape index (κ2) is 11.6. The van der Waals surface area contributed by atoms with Gasteiger partial charge in [-0.15, -0.1) is 5.10 Å². The van der Waals surface area contributed by atoms with Gasteiger partial charge in [-0.25, -0.2) is 13.9 Å². The number of nitrogens with one attached hydrogen (secondary N) is 2. The van der Waals surface area contributed by atoms with Crippen LogP contribution in [0.4, 0.5) is 15.9 Å². The maximum atomic E-state index is 13.5. The van der Waals surface area contributed by atoms with E-state index in [0.717, 1.165) is 28.2 Å². The van der Waals surface area contributed by atoms with E-state index in [1.807, 2.05) is 63.2 Å². The number of hydrogen-bond donors (Lipinski definition) is 4. The van der Waals surface area contributed by atoms with Crippen molar-refractivity contribution >= 4 is 17.2 Å². The lowest BCUT2D eigenvalue weighted by atomic mass is 10.1. The Morgan fingerprint density at radius 2 is 1.79 bits per heavy atom. The molecular weight excluding hydrogens is 431 g/mol. The first-order valence-electron chi connectivity index (χ1n) is 11.6. The number of fused-ring (bicyclic) bond motifs is 1. The summed E-state index contributed by atoms with van der Waals surface area (Å²) in [5.41, 5.74) is 10.2. The van der Waals surface area contributed by atoms with Gasteiger partial charge in [-0.1, -0.05) is 38.1 Å². The Balaban J connectivity index is 0.00000158. The number of aromatic nitrogens is 3. The van der Waals surface area contributed by atoms with E-state index in [1.165, 1.54) is 12.1 Å². The number of aliphatic hydroxyl groups is 1. The van der Waals surface area contributed by atoms with E-state index >= 15 is 0 Å². The topological polar surface area (TPSA) is 100 Å². The summed E-state index contributed by atoms with van der Waals surface area (Å²) in [7, 11) is 0. The zero-order valence-corrected chi connectivity index (χ0v) is 20.0. The molecule has 180 valence electrons. The predicted octanol–water partition coefficient (Wildman–Crippen LogP) is 4.85. The van der Waals surface area contributed by atoms with Gasteiger partial charge in [-0.05, 0) is 55.8 Å². The zero-order valence-electron chi connectivity index (χ0n) is 20.0. The number of imidazole rings is 1. The summed E-state index contributed by atoms with van der Waals surface area (Å²) in [6, 6.07) is 17.7. The number of nitrogens with two attached hydrogens (primary N) is 1. The van der Waals surface area contributed by atoms with Crippen molar-refractivity contribution in [2.75, 3.05) is 17.2 Å². The molecule has 34 heavy (non-hydrogen) atoms. The first-order chi connectivity index (χ1) is 16.4. The molecule has 0 fully saturated rings. The predicted molar refractivity (Wildman–Crippen MR) is 136 cm³/mol. The maximum absolute atomic E-state index is 13.5. The molecule has 0 aliphatic carbocycles. The summed E-state index contributed by atoms with van der Waals surface area (Å²) in [5.74, 6) is 0.404. The average molecular weight is 465 g/mol. The van der Waals surface area contributed by atoms with Gasteiger partial charge in [-0.2, -0.15) is 0 Å². The van der Waals surface area contributed by atoms with Crippen molar-refractivity contribution < 1.29 is 9.50 Å². The number of halogens is 1. The second-order valence-corrected chi connectivity index (χ2v) is 7.92. The third-order valence-corrected chi connectivity index (χ3v) is 5.42. The van der Waals surface area contributed by atoms with Gasteiger partial charge in [0.2, 0.25) is 0 Å². The highest BCUT2D eigenvalue weighted by Gasteiger charge is 2.12. The molecule has 3 unspecified atom stereocenters. The van der Waals surface area contributed by atoms with E-state index in [9.17, 15) is 9.50 Å². The summed E-state index contributed by atoms with van der Waals surface area (Å²) in [6.45, 7) is 8.12. The molecular formula is C26H33FN6O. The molecule has 0 radical (unpaired) electrons. The number of benzene rings is 2. The van der Waals surface area contributed by atoms with Gasteiger partial charge in [0.1, 0.15) is 11.6 Å². The molecule has 0 bridgehead atoms. The van der Waals surface area contributed by atoms with E-state index in [0.29, 0.717) is 12.4 Å². The van der Waals surface area contributed by atoms with Crippen LogP contribution in [0.5, 0.6) is 0 Å². The highest BCUT2D eigenvalue weighted by atomic mass is 19.1. The highest BCUT2D eigenvalue weighted by molar-refractivity contribution is 5.66. The lowest BCUT2D eigenvalue weighted by Crippen LogP contribution is -2.38. The first kappa shape index (κ1) is 25.1. The molecule has 4 rings (SSSR count). The Bertz CT molecular complexity index is 1190. The van der Waals surface area contributed by atoms with Crippen LogP contribution in [0, 0.1) is 5.82 Å². The van der Waals surface area contributed by atoms with Crippen molar-refractivity contribution in [3.63, 3.8) is 0 Å². The Kier molecular flexibility index (Phi) is 8.56. The standard InChI is InChI=1S/C24H27FN6O.C2H6/c1-15(18-4-3-5-19(25)12-18)29-23-10-11-24-28-14-22(31(24)30-23)17-6-8-20(9-7-17)27-13-21(26)16(2)32;1-2/h3-12,14-16,21,27,32H,13,26H2,1-2H3,(H,29,30);1-2H3. The van der Waals surface area contributed by atoms with Crippen molar-refractivity contribution in [2.24, 2.45) is 5.73 Å². The molecule has 0 amide bonds. The first-order valence-corrected chi connectivity index (χ1v) is 11.6. The Morgan fingerprint density at radius 1 is 1.06 bits per heavy atom. The molecule has 7 nitrogen and oxygen atoms in total. The fourth-order valence-corrected chi connectivity index (χ4v) is 3.39. The summed E-state index contributed by atoms with van der Waals surface area (Å²) >= 11 is 0. The van der Waals surface area contributed by atoms with Crippen molar-refractivity contribution in [2.45, 2.75) is 45.9 Å². The van der Waals surface area contributed by atoms with Gasteiger partial charge < -0.3 is 21.5 Å². The van der Waals surface area contributed by atoms with Crippen LogP contribution < -0.4 is 16.4 Å². The van der Waals surface area contributed by atoms with Gasteiger partial charge in [0.05, 0.1) is 24.0 Å². The molecule has 4 aromatic rings. The minimum absolute atomic E-state index is 0.110. The van der Waals surface area contributed by atoms with Crippen LogP contribution in [0.25, 0.3) is 16.9 Å². The number of rotatable bonds is 8. The number of hydrogen-bond acceptors (Lipinski definition) is 6. The van der Waals surface area contributed by atoms with Crippen LogP contribution in [-0.4, -0.2) is 38.4 Å². The summed E-state index contributed by atoms with van der Waals surface area (Å²) in [4.78, 5) is 4.45. The van der Waals surface area contributed by atoms with Gasteiger partial charge >= 0.3 is 0 Å². The van der Waals surface area contributed by atoms with Crippen molar-refractivity contribution in [3.8, 4) is 11.3 Å². The van der Waals surface area contributed by atoms with Crippen LogP contribution in [-0.2, 0) is 0 Å². The van der Waals surface area contributed by atoms with Crippen LogP contribution in [0.1, 0.15) is 39.3 Å². The molecule has 0 saturated heterocycles. The third-order valence-electron chi connectivity index (χ3n) is 5.42. The minimum Gasteiger partial charge on any atom is -0.392 e. The molecule has 3 atom stereocenters. The Hall–Kier alpha value is -3.49. The fourth-order valence-electron chi connectivity index (χ4n) is 3.39. The normalized spacial score (nSPS) is 13.5. The molecule has 2 aromatic carbocycles. The maximum Gasteiger partial charge on any atom is 0.154 e. The average Bonchev–Trinajstić information content (AvgIpc) is 3.27. The van der Waals surface area contributed by atoms with Crippen LogP contribution in [0.2, 0.25) is 0 Å². The molecule has 2 aromatic heterocycles. The number of aliphatic hydroxyl groups excluding tert-OH is 1. The highest BCUT2D eigenvalue weighted by Crippen LogP contribution is 2.24. The number of anilines is 2.